The summed E-state index contributed by atoms with van der Waals surface area (Å²) in [5.74, 6) is -0.00288. The molecule has 2 N–H and O–H groups in total. The lowest BCUT2D eigenvalue weighted by atomic mass is 10.0. The molecular formula is C24H33N5OS. The number of aromatic nitrogens is 2. The number of nitrogens with one attached hydrogen (secondary N) is 2. The number of unbranched alkanes of at least 4 members (excludes halogenated alkanes) is 1. The molecule has 1 aliphatic rings. The van der Waals surface area contributed by atoms with Crippen molar-refractivity contribution < 1.29 is 4.79 Å². The zero-order valence-electron chi connectivity index (χ0n) is 18.6. The quantitative estimate of drug-likeness (QED) is 0.522. The van der Waals surface area contributed by atoms with E-state index >= 15 is 0 Å². The van der Waals surface area contributed by atoms with Crippen LogP contribution in [0.1, 0.15) is 48.3 Å². The van der Waals surface area contributed by atoms with Gasteiger partial charge in [0, 0.05) is 49.3 Å². The Balaban J connectivity index is 1.41. The predicted molar refractivity (Wildman–Crippen MR) is 129 cm³/mol. The van der Waals surface area contributed by atoms with Gasteiger partial charge in [0.15, 0.2) is 5.13 Å². The number of carbonyl (C=O) groups excluding carboxylic acids is 1. The lowest BCUT2D eigenvalue weighted by Crippen LogP contribution is -2.46. The second kappa shape index (κ2) is 10.3. The van der Waals surface area contributed by atoms with E-state index in [9.17, 15) is 4.79 Å². The van der Waals surface area contributed by atoms with Gasteiger partial charge in [-0.25, -0.2) is 4.98 Å². The number of nitrogens with zero attached hydrogens (tertiary/aromatic N) is 3. The van der Waals surface area contributed by atoms with Gasteiger partial charge >= 0.3 is 0 Å². The predicted octanol–water partition coefficient (Wildman–Crippen LogP) is 4.30. The van der Waals surface area contributed by atoms with Gasteiger partial charge in [-0.1, -0.05) is 56.2 Å². The van der Waals surface area contributed by atoms with Gasteiger partial charge in [-0.05, 0) is 31.0 Å². The van der Waals surface area contributed by atoms with Crippen LogP contribution in [0.5, 0.6) is 0 Å². The summed E-state index contributed by atoms with van der Waals surface area (Å²) in [6.07, 6.45) is 7.85. The van der Waals surface area contributed by atoms with Gasteiger partial charge in [0.25, 0.3) is 5.91 Å². The van der Waals surface area contributed by atoms with Crippen LogP contribution in [-0.2, 0) is 6.42 Å². The van der Waals surface area contributed by atoms with Crippen LogP contribution >= 0.6 is 11.3 Å². The van der Waals surface area contributed by atoms with Gasteiger partial charge in [-0.15, -0.1) is 0 Å². The Hall–Kier alpha value is -2.38. The van der Waals surface area contributed by atoms with Crippen LogP contribution in [0.25, 0.3) is 10.9 Å². The van der Waals surface area contributed by atoms with E-state index in [-0.39, 0.29) is 11.9 Å². The molecule has 1 atom stereocenters. The first kappa shape index (κ1) is 21.8. The monoisotopic (exact) mass is 439 g/mol. The summed E-state index contributed by atoms with van der Waals surface area (Å²) in [7, 11) is 0. The number of benzene rings is 1. The van der Waals surface area contributed by atoms with Gasteiger partial charge < -0.3 is 20.1 Å². The molecule has 1 amide bonds. The number of hydrogen-bond donors (Lipinski definition) is 2. The summed E-state index contributed by atoms with van der Waals surface area (Å²) in [5, 5.41) is 5.50. The fourth-order valence-electron chi connectivity index (χ4n) is 4.27. The number of thiazole rings is 1. The van der Waals surface area contributed by atoms with Gasteiger partial charge in [0.2, 0.25) is 0 Å². The zero-order valence-corrected chi connectivity index (χ0v) is 19.4. The molecule has 3 aromatic rings. The Bertz CT molecular complexity index is 989. The minimum atomic E-state index is -0.00288. The molecule has 0 saturated carbocycles. The molecule has 1 aromatic carbocycles. The van der Waals surface area contributed by atoms with E-state index in [2.05, 4.69) is 63.3 Å². The van der Waals surface area contributed by atoms with Crippen LogP contribution in [0.3, 0.4) is 0 Å². The Morgan fingerprint density at radius 1 is 1.23 bits per heavy atom. The van der Waals surface area contributed by atoms with Gasteiger partial charge in [-0.3, -0.25) is 4.79 Å². The van der Waals surface area contributed by atoms with Crippen molar-refractivity contribution in [3.05, 3.63) is 47.1 Å². The third-order valence-corrected chi connectivity index (χ3v) is 7.25. The second-order valence-electron chi connectivity index (χ2n) is 8.30. The summed E-state index contributed by atoms with van der Waals surface area (Å²) >= 11 is 1.51. The lowest BCUT2D eigenvalue weighted by molar-refractivity contribution is 0.0938. The van der Waals surface area contributed by atoms with Crippen LogP contribution in [0.4, 0.5) is 5.13 Å². The normalized spacial score (nSPS) is 16.0. The number of hydrogen-bond acceptors (Lipinski definition) is 5. The van der Waals surface area contributed by atoms with Crippen LogP contribution in [0.15, 0.2) is 36.7 Å². The minimum Gasteiger partial charge on any atom is -0.361 e. The first-order chi connectivity index (χ1) is 15.2. The number of amides is 1. The molecule has 0 spiro atoms. The van der Waals surface area contributed by atoms with Gasteiger partial charge in [0.1, 0.15) is 4.88 Å². The number of carbonyl (C=O) groups is 1. The molecule has 0 aliphatic carbocycles. The van der Waals surface area contributed by atoms with Crippen molar-refractivity contribution >= 4 is 33.3 Å². The van der Waals surface area contributed by atoms with Crippen molar-refractivity contribution in [2.75, 3.05) is 37.6 Å². The Morgan fingerprint density at radius 3 is 2.81 bits per heavy atom. The van der Waals surface area contributed by atoms with E-state index in [0.29, 0.717) is 4.88 Å². The number of rotatable bonds is 9. The molecule has 1 fully saturated rings. The van der Waals surface area contributed by atoms with E-state index in [0.717, 1.165) is 69.1 Å². The van der Waals surface area contributed by atoms with Crippen molar-refractivity contribution in [3.63, 3.8) is 0 Å². The van der Waals surface area contributed by atoms with E-state index in [4.69, 9.17) is 0 Å². The van der Waals surface area contributed by atoms with Crippen LogP contribution in [0, 0.1) is 0 Å². The molecule has 4 rings (SSSR count). The van der Waals surface area contributed by atoms with E-state index in [1.165, 1.54) is 22.3 Å². The summed E-state index contributed by atoms with van der Waals surface area (Å²) in [6, 6.07) is 8.47. The Labute approximate surface area is 188 Å². The fraction of sp³-hybridized carbons (Fsp3) is 0.500. The Morgan fingerprint density at radius 2 is 2.03 bits per heavy atom. The highest BCUT2D eigenvalue weighted by Gasteiger charge is 2.21. The average molecular weight is 440 g/mol. The van der Waals surface area contributed by atoms with Gasteiger partial charge in [-0.2, -0.15) is 0 Å². The van der Waals surface area contributed by atoms with E-state index in [1.54, 1.807) is 6.20 Å². The number of aromatic amines is 1. The zero-order chi connectivity index (χ0) is 21.6. The molecule has 1 saturated heterocycles. The number of para-hydroxylation sites is 1. The van der Waals surface area contributed by atoms with Crippen LogP contribution < -0.4 is 10.2 Å². The number of fused-ring (bicyclic) bond motifs is 1. The van der Waals surface area contributed by atoms with E-state index < -0.39 is 0 Å². The molecule has 0 bridgehead atoms. The van der Waals surface area contributed by atoms with Gasteiger partial charge in [0.05, 0.1) is 6.20 Å². The summed E-state index contributed by atoms with van der Waals surface area (Å²) in [5.41, 5.74) is 2.41. The van der Waals surface area contributed by atoms with Crippen molar-refractivity contribution in [2.24, 2.45) is 0 Å². The largest absolute Gasteiger partial charge is 0.361 e. The maximum absolute atomic E-state index is 13.0. The Kier molecular flexibility index (Phi) is 7.25. The highest BCUT2D eigenvalue weighted by atomic mass is 32.1. The molecule has 166 valence electrons. The maximum Gasteiger partial charge on any atom is 0.263 e. The average Bonchev–Trinajstić information content (AvgIpc) is 3.45. The summed E-state index contributed by atoms with van der Waals surface area (Å²) in [6.45, 7) is 9.55. The third-order valence-electron chi connectivity index (χ3n) is 6.19. The summed E-state index contributed by atoms with van der Waals surface area (Å²) < 4.78 is 0. The molecule has 31 heavy (non-hydrogen) atoms. The number of H-pyrrole nitrogens is 1. The van der Waals surface area contributed by atoms with Crippen molar-refractivity contribution in [1.29, 1.82) is 0 Å². The van der Waals surface area contributed by atoms with Crippen molar-refractivity contribution in [3.8, 4) is 0 Å². The standard InChI is InChI=1S/C24H33N5OS/c1-3-5-8-19(15-18-16-25-21-10-7-6-9-20(18)21)27-23(30)22-17-26-24(31-22)29-13-11-28(4-2)12-14-29/h6-7,9-10,16-17,19,25H,3-5,8,11-15H2,1-2H3,(H,27,30). The number of piperazine rings is 1. The first-order valence-electron chi connectivity index (χ1n) is 11.5. The topological polar surface area (TPSA) is 64.3 Å². The van der Waals surface area contributed by atoms with Crippen LogP contribution in [-0.4, -0.2) is 59.5 Å². The highest BCUT2D eigenvalue weighted by Crippen LogP contribution is 2.25. The maximum atomic E-state index is 13.0. The molecule has 0 radical (unpaired) electrons. The molecule has 6 nitrogen and oxygen atoms in total. The molecule has 2 aromatic heterocycles. The SMILES string of the molecule is CCCCC(Cc1c[nH]c2ccccc12)NC(=O)c1cnc(N2CCN(CC)CC2)s1. The number of likely N-dealkylation sites (N-methyl/N-ethyl adjacent to an activating group) is 1. The smallest absolute Gasteiger partial charge is 0.263 e. The first-order valence-corrected chi connectivity index (χ1v) is 12.3. The van der Waals surface area contributed by atoms with Crippen molar-refractivity contribution in [2.45, 2.75) is 45.6 Å². The molecule has 3 heterocycles. The van der Waals surface area contributed by atoms with Crippen molar-refractivity contribution in [1.82, 2.24) is 20.2 Å². The third kappa shape index (κ3) is 5.28. The second-order valence-corrected chi connectivity index (χ2v) is 9.31. The molecule has 1 unspecified atom stereocenters. The molecular weight excluding hydrogens is 406 g/mol. The fourth-order valence-corrected chi connectivity index (χ4v) is 5.14. The van der Waals surface area contributed by atoms with Crippen LogP contribution in [0.2, 0.25) is 0 Å². The molecule has 7 heteroatoms. The summed E-state index contributed by atoms with van der Waals surface area (Å²) in [4.78, 5) is 26.4. The molecule has 1 aliphatic heterocycles. The lowest BCUT2D eigenvalue weighted by Gasteiger charge is -2.33. The number of anilines is 1. The van der Waals surface area contributed by atoms with E-state index in [1.807, 2.05) is 6.07 Å². The highest BCUT2D eigenvalue weighted by molar-refractivity contribution is 7.17. The minimum absolute atomic E-state index is 0.00288.